The van der Waals surface area contributed by atoms with E-state index in [2.05, 4.69) is 4.98 Å². The number of ether oxygens (including phenoxy) is 1. The van der Waals surface area contributed by atoms with Gasteiger partial charge >= 0.3 is 6.18 Å². The smallest absolute Gasteiger partial charge is 0.418 e. The number of alkyl halides is 3. The highest BCUT2D eigenvalue weighted by Crippen LogP contribution is 2.36. The van der Waals surface area contributed by atoms with Gasteiger partial charge in [0.25, 0.3) is 0 Å². The Hall–Kier alpha value is -3.00. The monoisotopic (exact) mass is 432 g/mol. The Kier molecular flexibility index (Phi) is 5.19. The second-order valence-electron chi connectivity index (χ2n) is 6.59. The predicted octanol–water partition coefficient (Wildman–Crippen LogP) is 7.01. The number of fused-ring (bicyclic) bond motifs is 1. The van der Waals surface area contributed by atoms with E-state index in [-0.39, 0.29) is 5.52 Å². The van der Waals surface area contributed by atoms with Crippen molar-refractivity contribution < 1.29 is 22.3 Å². The molecule has 4 rings (SSSR count). The summed E-state index contributed by atoms with van der Waals surface area (Å²) in [5.74, 6) is 0.889. The Morgan fingerprint density at radius 2 is 1.70 bits per heavy atom. The fourth-order valence-electron chi connectivity index (χ4n) is 3.28. The van der Waals surface area contributed by atoms with Crippen LogP contribution in [0, 0.1) is 12.7 Å². The number of hydrogen-bond donors (Lipinski definition) is 0. The summed E-state index contributed by atoms with van der Waals surface area (Å²) in [6.45, 7) is 1.65. The van der Waals surface area contributed by atoms with Crippen LogP contribution in [0.3, 0.4) is 0 Å². The molecule has 0 aliphatic rings. The molecule has 0 spiro atoms. The number of para-hydroxylation sites is 1. The molecule has 3 nitrogen and oxygen atoms in total. The molecule has 1 heterocycles. The van der Waals surface area contributed by atoms with Gasteiger partial charge in [-0.3, -0.25) is 4.57 Å². The van der Waals surface area contributed by atoms with Crippen LogP contribution in [0.2, 0.25) is 0 Å². The summed E-state index contributed by atoms with van der Waals surface area (Å²) >= 11 is 1.40. The second kappa shape index (κ2) is 7.68. The van der Waals surface area contributed by atoms with Gasteiger partial charge < -0.3 is 4.74 Å². The van der Waals surface area contributed by atoms with Crippen molar-refractivity contribution in [2.45, 2.75) is 18.0 Å². The third-order valence-corrected chi connectivity index (χ3v) is 5.28. The van der Waals surface area contributed by atoms with Crippen molar-refractivity contribution in [2.24, 2.45) is 0 Å². The highest BCUT2D eigenvalue weighted by atomic mass is 32.2. The Balaban J connectivity index is 1.69. The summed E-state index contributed by atoms with van der Waals surface area (Å²) < 4.78 is 61.0. The van der Waals surface area contributed by atoms with E-state index in [4.69, 9.17) is 4.74 Å². The maximum atomic E-state index is 13.7. The molecule has 154 valence electrons. The molecule has 0 aliphatic carbocycles. The fourth-order valence-corrected chi connectivity index (χ4v) is 3.75. The minimum Gasteiger partial charge on any atom is -0.457 e. The molecule has 4 aromatic rings. The first kappa shape index (κ1) is 20.3. The maximum Gasteiger partial charge on any atom is 0.418 e. The quantitative estimate of drug-likeness (QED) is 0.256. The number of thioether (sulfide) groups is 1. The molecular formula is C22H16F4N2OS. The minimum atomic E-state index is -4.48. The average Bonchev–Trinajstić information content (AvgIpc) is 3.03. The molecule has 0 saturated heterocycles. The van der Waals surface area contributed by atoms with Crippen molar-refractivity contribution in [3.63, 3.8) is 0 Å². The van der Waals surface area contributed by atoms with Crippen molar-refractivity contribution in [1.82, 2.24) is 9.55 Å². The van der Waals surface area contributed by atoms with Crippen LogP contribution in [0.15, 0.2) is 65.6 Å². The van der Waals surface area contributed by atoms with Crippen LogP contribution in [-0.4, -0.2) is 15.8 Å². The minimum absolute atomic E-state index is 0.0906. The van der Waals surface area contributed by atoms with Crippen molar-refractivity contribution >= 4 is 22.8 Å². The van der Waals surface area contributed by atoms with Gasteiger partial charge in [-0.2, -0.15) is 13.2 Å². The molecule has 0 fully saturated rings. The van der Waals surface area contributed by atoms with E-state index in [9.17, 15) is 17.6 Å². The molecule has 0 aliphatic heterocycles. The molecule has 0 saturated carbocycles. The highest BCUT2D eigenvalue weighted by Gasteiger charge is 2.34. The average molecular weight is 432 g/mol. The van der Waals surface area contributed by atoms with E-state index in [0.717, 1.165) is 11.0 Å². The first-order chi connectivity index (χ1) is 14.3. The molecule has 1 aromatic heterocycles. The summed E-state index contributed by atoms with van der Waals surface area (Å²) in [5.41, 5.74) is 0.154. The van der Waals surface area contributed by atoms with Gasteiger partial charge in [0.1, 0.15) is 28.7 Å². The van der Waals surface area contributed by atoms with Gasteiger partial charge in [-0.25, -0.2) is 9.37 Å². The third-order valence-electron chi connectivity index (χ3n) is 4.57. The second-order valence-corrected chi connectivity index (χ2v) is 7.47. The number of imidazole rings is 1. The molecule has 0 unspecified atom stereocenters. The van der Waals surface area contributed by atoms with Crippen molar-refractivity contribution in [2.75, 3.05) is 6.26 Å². The molecule has 0 amide bonds. The molecule has 3 aromatic carbocycles. The van der Waals surface area contributed by atoms with E-state index < -0.39 is 17.6 Å². The van der Waals surface area contributed by atoms with Gasteiger partial charge in [0, 0.05) is 16.6 Å². The van der Waals surface area contributed by atoms with Crippen LogP contribution in [0.25, 0.3) is 16.7 Å². The maximum absolute atomic E-state index is 13.7. The zero-order valence-corrected chi connectivity index (χ0v) is 16.8. The van der Waals surface area contributed by atoms with Gasteiger partial charge in [-0.15, -0.1) is 11.8 Å². The number of aromatic nitrogens is 2. The first-order valence-corrected chi connectivity index (χ1v) is 10.2. The standard InChI is InChI=1S/C22H16F4N2OS/c1-13-27-21-19(22(24,25)26)4-3-5-20(21)28(13)15-6-8-16(9-7-15)29-17-10-14(23)11-18(12-17)30-2/h3-12H,1-2H3. The number of nitrogens with zero attached hydrogens (tertiary/aromatic N) is 2. The Bertz CT molecular complexity index is 1220. The Morgan fingerprint density at radius 3 is 2.37 bits per heavy atom. The first-order valence-electron chi connectivity index (χ1n) is 8.94. The number of rotatable bonds is 4. The van der Waals surface area contributed by atoms with Crippen LogP contribution in [-0.2, 0) is 6.18 Å². The van der Waals surface area contributed by atoms with Crippen molar-refractivity contribution in [1.29, 1.82) is 0 Å². The van der Waals surface area contributed by atoms with E-state index in [1.165, 1.54) is 30.0 Å². The lowest BCUT2D eigenvalue weighted by Crippen LogP contribution is -2.05. The van der Waals surface area contributed by atoms with Crippen LogP contribution in [0.1, 0.15) is 11.4 Å². The van der Waals surface area contributed by atoms with Gasteiger partial charge in [0.2, 0.25) is 0 Å². The summed E-state index contributed by atoms with van der Waals surface area (Å²) in [6.07, 6.45) is -2.64. The summed E-state index contributed by atoms with van der Waals surface area (Å²) in [4.78, 5) is 4.88. The number of hydrogen-bond acceptors (Lipinski definition) is 3. The van der Waals surface area contributed by atoms with Crippen molar-refractivity contribution in [3.05, 3.63) is 77.9 Å². The van der Waals surface area contributed by atoms with Gasteiger partial charge in [-0.05, 0) is 61.7 Å². The van der Waals surface area contributed by atoms with E-state index >= 15 is 0 Å². The Morgan fingerprint density at radius 1 is 0.967 bits per heavy atom. The normalized spacial score (nSPS) is 11.8. The largest absolute Gasteiger partial charge is 0.457 e. The zero-order chi connectivity index (χ0) is 21.5. The molecule has 8 heteroatoms. The molecule has 0 radical (unpaired) electrons. The summed E-state index contributed by atoms with van der Waals surface area (Å²) in [5, 5.41) is 0. The molecule has 0 N–H and O–H groups in total. The fraction of sp³-hybridized carbons (Fsp3) is 0.136. The summed E-state index contributed by atoms with van der Waals surface area (Å²) in [6, 6.07) is 15.2. The lowest BCUT2D eigenvalue weighted by atomic mass is 10.1. The summed E-state index contributed by atoms with van der Waals surface area (Å²) in [7, 11) is 0. The number of benzene rings is 3. The van der Waals surface area contributed by atoms with Gasteiger partial charge in [0.05, 0.1) is 11.1 Å². The lowest BCUT2D eigenvalue weighted by Gasteiger charge is -2.11. The van der Waals surface area contributed by atoms with Crippen LogP contribution in [0.4, 0.5) is 17.6 Å². The SMILES string of the molecule is CSc1cc(F)cc(Oc2ccc(-n3c(C)nc4c(C(F)(F)F)cccc43)cc2)c1. The topological polar surface area (TPSA) is 27.1 Å². The number of aryl methyl sites for hydroxylation is 1. The molecule has 0 atom stereocenters. The van der Waals surface area contributed by atoms with E-state index in [1.54, 1.807) is 47.9 Å². The molecule has 30 heavy (non-hydrogen) atoms. The lowest BCUT2D eigenvalue weighted by molar-refractivity contribution is -0.136. The van der Waals surface area contributed by atoms with Crippen LogP contribution < -0.4 is 4.74 Å². The van der Waals surface area contributed by atoms with Gasteiger partial charge in [0.15, 0.2) is 0 Å². The molecular weight excluding hydrogens is 416 g/mol. The van der Waals surface area contributed by atoms with Crippen LogP contribution >= 0.6 is 11.8 Å². The number of halogens is 4. The predicted molar refractivity (Wildman–Crippen MR) is 109 cm³/mol. The van der Waals surface area contributed by atoms with Crippen molar-refractivity contribution in [3.8, 4) is 17.2 Å². The van der Waals surface area contributed by atoms with Gasteiger partial charge in [-0.1, -0.05) is 6.07 Å². The molecule has 0 bridgehead atoms. The Labute approximate surface area is 174 Å². The van der Waals surface area contributed by atoms with Crippen LogP contribution in [0.5, 0.6) is 11.5 Å². The van der Waals surface area contributed by atoms with E-state index in [1.807, 2.05) is 6.26 Å². The zero-order valence-electron chi connectivity index (χ0n) is 16.0. The highest BCUT2D eigenvalue weighted by molar-refractivity contribution is 7.98. The third kappa shape index (κ3) is 3.87. The van der Waals surface area contributed by atoms with E-state index in [0.29, 0.717) is 28.5 Å².